The molecule has 0 aliphatic carbocycles. The number of hydrogen-bond donors (Lipinski definition) is 1. The summed E-state index contributed by atoms with van der Waals surface area (Å²) in [6.45, 7) is 0.101. The molecule has 10 rings (SSSR count). The van der Waals surface area contributed by atoms with E-state index in [0.29, 0.717) is 12.4 Å². The van der Waals surface area contributed by atoms with E-state index in [1.807, 2.05) is 182 Å². The monoisotopic (exact) mass is 1130 g/mol. The SMILES string of the molecule is O=C(N[C@@H]1CN(C(=O)OCc2ccccc2)CC=C[C@H]1OC(=O)c1cc(OCc2ccccc2)c(C(=O)c2c(OCc3ccccc3)cccc2C(=O)OCc2ccccc2)c(OCc2ccccc2)c1)c1ccc(OCc2ccccc2)cc1. The van der Waals surface area contributed by atoms with Gasteiger partial charge < -0.3 is 43.4 Å². The summed E-state index contributed by atoms with van der Waals surface area (Å²) in [5.41, 5.74) is 4.61. The zero-order chi connectivity index (χ0) is 58.6. The first-order valence-corrected chi connectivity index (χ1v) is 27.7. The summed E-state index contributed by atoms with van der Waals surface area (Å²) in [6, 6.07) is 69.0. The molecule has 14 nitrogen and oxygen atoms in total. The molecule has 0 saturated heterocycles. The van der Waals surface area contributed by atoms with Crippen LogP contribution in [0.2, 0.25) is 0 Å². The second-order valence-corrected chi connectivity index (χ2v) is 19.9. The van der Waals surface area contributed by atoms with E-state index in [1.165, 1.54) is 23.1 Å². The molecule has 1 aliphatic heterocycles. The van der Waals surface area contributed by atoms with E-state index in [4.69, 9.17) is 33.2 Å². The molecule has 0 aromatic heterocycles. The number of benzene rings is 9. The predicted molar refractivity (Wildman–Crippen MR) is 319 cm³/mol. The van der Waals surface area contributed by atoms with E-state index in [9.17, 15) is 14.4 Å². The molecule has 2 atom stereocenters. The first kappa shape index (κ1) is 57.5. The van der Waals surface area contributed by atoms with Crippen molar-refractivity contribution in [3.63, 3.8) is 0 Å². The van der Waals surface area contributed by atoms with E-state index in [1.54, 1.807) is 48.6 Å². The van der Waals surface area contributed by atoms with Crippen molar-refractivity contribution in [2.75, 3.05) is 13.1 Å². The largest absolute Gasteiger partial charge is 0.489 e. The summed E-state index contributed by atoms with van der Waals surface area (Å²) in [5, 5.41) is 3.02. The van der Waals surface area contributed by atoms with Gasteiger partial charge in [0.25, 0.3) is 5.91 Å². The van der Waals surface area contributed by atoms with Crippen molar-refractivity contribution in [2.24, 2.45) is 0 Å². The van der Waals surface area contributed by atoms with Gasteiger partial charge in [-0.05, 0) is 88.0 Å². The smallest absolute Gasteiger partial charge is 0.410 e. The van der Waals surface area contributed by atoms with Crippen molar-refractivity contribution in [1.82, 2.24) is 10.2 Å². The third-order valence-corrected chi connectivity index (χ3v) is 13.8. The standard InChI is InChI=1S/C71H60N2O12/c74-67(65-59(70(77)83-48-54-29-15-5-16-30-54)33-19-34-62(65)80-45-51-23-9-2-10-24-51)66-63(81-46-52-25-11-3-12-26-52)41-57(42-64(66)82-47-53-27-13-4-14-28-53)69(76)85-61-35-20-40-73(71(78)84-49-55-31-17-6-18-32-55)43-60(61)72-68(75)56-36-38-58(39-37-56)79-44-50-21-7-1-8-22-50/h1-39,41-42,60-61H,40,43-49H2,(H,72,75)/t60-,61-/m1/s1. The molecule has 1 aliphatic rings. The fourth-order valence-electron chi connectivity index (χ4n) is 9.31. The molecule has 426 valence electrons. The van der Waals surface area contributed by atoms with Crippen molar-refractivity contribution >= 4 is 29.7 Å². The Morgan fingerprint density at radius 2 is 0.871 bits per heavy atom. The maximum Gasteiger partial charge on any atom is 0.410 e. The van der Waals surface area contributed by atoms with E-state index < -0.39 is 41.9 Å². The van der Waals surface area contributed by atoms with Gasteiger partial charge in [0, 0.05) is 18.7 Å². The summed E-state index contributed by atoms with van der Waals surface area (Å²) in [5.74, 6) is -2.47. The molecule has 0 unspecified atom stereocenters. The average molecular weight is 1130 g/mol. The summed E-state index contributed by atoms with van der Waals surface area (Å²) in [6.07, 6.45) is 1.45. The number of ketones is 1. The number of nitrogens with zero attached hydrogens (tertiary/aromatic N) is 1. The first-order valence-electron chi connectivity index (χ1n) is 27.7. The van der Waals surface area contributed by atoms with Gasteiger partial charge >= 0.3 is 18.0 Å². The Bertz CT molecular complexity index is 3650. The molecule has 14 heteroatoms. The van der Waals surface area contributed by atoms with Gasteiger partial charge in [-0.2, -0.15) is 0 Å². The summed E-state index contributed by atoms with van der Waals surface area (Å²) in [4.78, 5) is 74.7. The van der Waals surface area contributed by atoms with Crippen LogP contribution < -0.4 is 24.3 Å². The summed E-state index contributed by atoms with van der Waals surface area (Å²) >= 11 is 0. The van der Waals surface area contributed by atoms with Gasteiger partial charge in [0.05, 0.1) is 22.7 Å². The van der Waals surface area contributed by atoms with Crippen LogP contribution in [0.25, 0.3) is 0 Å². The molecular weight excluding hydrogens is 1070 g/mol. The van der Waals surface area contributed by atoms with Crippen LogP contribution in [0.4, 0.5) is 4.79 Å². The minimum Gasteiger partial charge on any atom is -0.489 e. The van der Waals surface area contributed by atoms with Gasteiger partial charge in [0.2, 0.25) is 5.78 Å². The Morgan fingerprint density at radius 3 is 1.36 bits per heavy atom. The number of ether oxygens (including phenoxy) is 7. The molecule has 2 amide bonds. The van der Waals surface area contributed by atoms with Gasteiger partial charge in [0.15, 0.2) is 0 Å². The van der Waals surface area contributed by atoms with Crippen LogP contribution in [0.15, 0.2) is 249 Å². The highest BCUT2D eigenvalue weighted by molar-refractivity contribution is 6.19. The Labute approximate surface area is 492 Å². The third-order valence-electron chi connectivity index (χ3n) is 13.8. The number of hydrogen-bond acceptors (Lipinski definition) is 12. The van der Waals surface area contributed by atoms with Gasteiger partial charge in [0.1, 0.15) is 74.3 Å². The van der Waals surface area contributed by atoms with E-state index >= 15 is 9.59 Å². The molecule has 1 N–H and O–H groups in total. The second kappa shape index (κ2) is 28.8. The first-order chi connectivity index (χ1) is 41.7. The number of amides is 2. The molecule has 0 spiro atoms. The topological polar surface area (TPSA) is 165 Å². The zero-order valence-corrected chi connectivity index (χ0v) is 46.3. The minimum atomic E-state index is -1.17. The quantitative estimate of drug-likeness (QED) is 0.0279. The van der Waals surface area contributed by atoms with Crippen molar-refractivity contribution < 1.29 is 57.1 Å². The maximum absolute atomic E-state index is 15.9. The van der Waals surface area contributed by atoms with Crippen molar-refractivity contribution in [3.05, 3.63) is 310 Å². The summed E-state index contributed by atoms with van der Waals surface area (Å²) < 4.78 is 43.5. The van der Waals surface area contributed by atoms with E-state index in [0.717, 1.165) is 33.4 Å². The molecule has 1 heterocycles. The van der Waals surface area contributed by atoms with Crippen LogP contribution in [-0.2, 0) is 53.9 Å². The van der Waals surface area contributed by atoms with Crippen molar-refractivity contribution in [2.45, 2.75) is 51.8 Å². The summed E-state index contributed by atoms with van der Waals surface area (Å²) in [7, 11) is 0. The lowest BCUT2D eigenvalue weighted by molar-refractivity contribution is 0.0285. The van der Waals surface area contributed by atoms with Gasteiger partial charge in [-0.1, -0.05) is 194 Å². The maximum atomic E-state index is 15.9. The molecule has 85 heavy (non-hydrogen) atoms. The van der Waals surface area contributed by atoms with Crippen LogP contribution >= 0.6 is 0 Å². The van der Waals surface area contributed by atoms with Crippen LogP contribution in [0.5, 0.6) is 23.0 Å². The number of nitrogens with one attached hydrogen (secondary N) is 1. The Balaban J connectivity index is 1.00. The number of rotatable bonds is 23. The Hall–Kier alpha value is -10.7. The van der Waals surface area contributed by atoms with E-state index in [2.05, 4.69) is 5.32 Å². The lowest BCUT2D eigenvalue weighted by Gasteiger charge is -2.29. The van der Waals surface area contributed by atoms with Crippen LogP contribution in [-0.4, -0.2) is 59.9 Å². The van der Waals surface area contributed by atoms with Gasteiger partial charge in [-0.15, -0.1) is 0 Å². The molecule has 0 bridgehead atoms. The molecule has 9 aromatic rings. The van der Waals surface area contributed by atoms with Crippen LogP contribution in [0, 0.1) is 0 Å². The van der Waals surface area contributed by atoms with Crippen LogP contribution in [0.1, 0.15) is 80.4 Å². The van der Waals surface area contributed by atoms with Crippen LogP contribution in [0.3, 0.4) is 0 Å². The lowest BCUT2D eigenvalue weighted by Crippen LogP contribution is -2.51. The normalized spacial score (nSPS) is 13.5. The molecule has 9 aromatic carbocycles. The zero-order valence-electron chi connectivity index (χ0n) is 46.3. The van der Waals surface area contributed by atoms with E-state index in [-0.39, 0.29) is 91.2 Å². The third kappa shape index (κ3) is 15.8. The second-order valence-electron chi connectivity index (χ2n) is 19.9. The predicted octanol–water partition coefficient (Wildman–Crippen LogP) is 13.1. The van der Waals surface area contributed by atoms with Gasteiger partial charge in [-0.25, -0.2) is 14.4 Å². The number of carbonyl (C=O) groups is 5. The molecular formula is C71H60N2O12. The average Bonchev–Trinajstić information content (AvgIpc) is 2.67. The minimum absolute atomic E-state index is 0.00181. The molecule has 0 radical (unpaired) electrons. The Morgan fingerprint density at radius 1 is 0.424 bits per heavy atom. The highest BCUT2D eigenvalue weighted by atomic mass is 16.6. The van der Waals surface area contributed by atoms with Crippen molar-refractivity contribution in [1.29, 1.82) is 0 Å². The number of esters is 2. The highest BCUT2D eigenvalue weighted by Gasteiger charge is 2.35. The molecule has 0 saturated carbocycles. The van der Waals surface area contributed by atoms with Gasteiger partial charge in [-0.3, -0.25) is 9.59 Å². The Kier molecular flexibility index (Phi) is 19.5. The highest BCUT2D eigenvalue weighted by Crippen LogP contribution is 2.38. The fraction of sp³-hybridized carbons (Fsp3) is 0.141. The van der Waals surface area contributed by atoms with Crippen molar-refractivity contribution in [3.8, 4) is 23.0 Å². The fourth-order valence-corrected chi connectivity index (χ4v) is 9.31. The number of carbonyl (C=O) groups excluding carboxylic acids is 5. The molecule has 0 fully saturated rings. The lowest BCUT2D eigenvalue weighted by atomic mass is 9.94.